The molecule has 160 valence electrons. The quantitative estimate of drug-likeness (QED) is 0.240. The van der Waals surface area contributed by atoms with Crippen molar-refractivity contribution in [3.63, 3.8) is 0 Å². The lowest BCUT2D eigenvalue weighted by Gasteiger charge is -2.23. The Morgan fingerprint density at radius 1 is 0.963 bits per heavy atom. The van der Waals surface area contributed by atoms with Gasteiger partial charge in [-0.05, 0) is 53.4 Å². The van der Waals surface area contributed by atoms with Gasteiger partial charge >= 0.3 is 5.97 Å². The van der Waals surface area contributed by atoms with E-state index < -0.39 is 0 Å². The molecule has 1 fully saturated rings. The summed E-state index contributed by atoms with van der Waals surface area (Å²) in [7, 11) is 0. The standard InChI is InChI=1S/C23H44O4/c1-6-7-8-9-10-11-12-13-14-21-15-20(23(24)27-21)16-22(26-19(4)5)17-25-18(2)3/h18-22H,6-17H2,1-5H3/t20-,21+,22-/m1/s1. The van der Waals surface area contributed by atoms with Gasteiger partial charge in [-0.25, -0.2) is 0 Å². The molecule has 1 aliphatic heterocycles. The molecular weight excluding hydrogens is 340 g/mol. The highest BCUT2D eigenvalue weighted by Gasteiger charge is 2.36. The van der Waals surface area contributed by atoms with Crippen molar-refractivity contribution in [2.75, 3.05) is 6.61 Å². The van der Waals surface area contributed by atoms with E-state index in [0.717, 1.165) is 12.8 Å². The Morgan fingerprint density at radius 2 is 1.59 bits per heavy atom. The topological polar surface area (TPSA) is 44.8 Å². The third-order valence-electron chi connectivity index (χ3n) is 5.17. The van der Waals surface area contributed by atoms with E-state index in [1.54, 1.807) is 0 Å². The van der Waals surface area contributed by atoms with E-state index in [1.165, 1.54) is 51.4 Å². The highest BCUT2D eigenvalue weighted by atomic mass is 16.6. The Labute approximate surface area is 167 Å². The van der Waals surface area contributed by atoms with E-state index in [-0.39, 0.29) is 36.3 Å². The van der Waals surface area contributed by atoms with Gasteiger partial charge in [0, 0.05) is 0 Å². The van der Waals surface area contributed by atoms with Crippen LogP contribution in [0.2, 0.25) is 0 Å². The van der Waals surface area contributed by atoms with Gasteiger partial charge in [0.25, 0.3) is 0 Å². The number of rotatable bonds is 16. The summed E-state index contributed by atoms with van der Waals surface area (Å²) in [6, 6.07) is 0. The Balaban J connectivity index is 2.24. The molecule has 1 heterocycles. The largest absolute Gasteiger partial charge is 0.462 e. The minimum Gasteiger partial charge on any atom is -0.462 e. The van der Waals surface area contributed by atoms with E-state index in [0.29, 0.717) is 13.0 Å². The maximum atomic E-state index is 12.3. The van der Waals surface area contributed by atoms with Crippen molar-refractivity contribution in [2.24, 2.45) is 5.92 Å². The summed E-state index contributed by atoms with van der Waals surface area (Å²) in [6.07, 6.45) is 13.4. The molecule has 0 aromatic heterocycles. The van der Waals surface area contributed by atoms with E-state index in [2.05, 4.69) is 6.92 Å². The lowest BCUT2D eigenvalue weighted by Crippen LogP contribution is -2.29. The molecule has 4 heteroatoms. The fourth-order valence-corrected chi connectivity index (χ4v) is 3.76. The van der Waals surface area contributed by atoms with Crippen LogP contribution >= 0.6 is 0 Å². The first-order chi connectivity index (χ1) is 12.9. The molecule has 27 heavy (non-hydrogen) atoms. The molecule has 0 spiro atoms. The van der Waals surface area contributed by atoms with Crippen molar-refractivity contribution in [1.82, 2.24) is 0 Å². The van der Waals surface area contributed by atoms with Gasteiger partial charge in [-0.2, -0.15) is 0 Å². The molecule has 0 unspecified atom stereocenters. The zero-order chi connectivity index (χ0) is 20.1. The molecule has 0 saturated carbocycles. The first-order valence-electron chi connectivity index (χ1n) is 11.4. The number of hydrogen-bond acceptors (Lipinski definition) is 4. The molecule has 0 aromatic rings. The summed E-state index contributed by atoms with van der Waals surface area (Å²) in [6.45, 7) is 10.9. The van der Waals surface area contributed by atoms with Crippen LogP contribution < -0.4 is 0 Å². The van der Waals surface area contributed by atoms with Gasteiger partial charge in [0.05, 0.1) is 30.8 Å². The van der Waals surface area contributed by atoms with Crippen LogP contribution in [0.15, 0.2) is 0 Å². The number of carbonyl (C=O) groups excluding carboxylic acids is 1. The zero-order valence-corrected chi connectivity index (χ0v) is 18.5. The lowest BCUT2D eigenvalue weighted by molar-refractivity contribution is -0.146. The van der Waals surface area contributed by atoms with Crippen LogP contribution in [0.1, 0.15) is 105 Å². The maximum Gasteiger partial charge on any atom is 0.309 e. The van der Waals surface area contributed by atoms with Crippen LogP contribution in [0, 0.1) is 5.92 Å². The minimum atomic E-state index is -0.0403. The molecule has 0 aliphatic carbocycles. The first kappa shape index (κ1) is 24.4. The van der Waals surface area contributed by atoms with Crippen LogP contribution in [0.4, 0.5) is 0 Å². The first-order valence-corrected chi connectivity index (χ1v) is 11.4. The summed E-state index contributed by atoms with van der Waals surface area (Å²) in [5.74, 6) is -0.0787. The number of esters is 1. The molecule has 0 N–H and O–H groups in total. The van der Waals surface area contributed by atoms with E-state index in [4.69, 9.17) is 14.2 Å². The highest BCUT2D eigenvalue weighted by Crippen LogP contribution is 2.29. The third-order valence-corrected chi connectivity index (χ3v) is 5.17. The average Bonchev–Trinajstić information content (AvgIpc) is 2.94. The molecule has 3 atom stereocenters. The summed E-state index contributed by atoms with van der Waals surface area (Å²) in [5.41, 5.74) is 0. The van der Waals surface area contributed by atoms with Crippen LogP contribution in [0.5, 0.6) is 0 Å². The second kappa shape index (κ2) is 14.4. The number of carbonyl (C=O) groups is 1. The second-order valence-corrected chi connectivity index (χ2v) is 8.68. The van der Waals surface area contributed by atoms with Crippen LogP contribution in [0.25, 0.3) is 0 Å². The molecular formula is C23H44O4. The van der Waals surface area contributed by atoms with Gasteiger partial charge in [-0.15, -0.1) is 0 Å². The number of cyclic esters (lactones) is 1. The molecule has 0 bridgehead atoms. The monoisotopic (exact) mass is 384 g/mol. The second-order valence-electron chi connectivity index (χ2n) is 8.68. The van der Waals surface area contributed by atoms with Gasteiger partial charge in [-0.1, -0.05) is 51.9 Å². The summed E-state index contributed by atoms with van der Waals surface area (Å²) >= 11 is 0. The molecule has 1 aliphatic rings. The van der Waals surface area contributed by atoms with Crippen molar-refractivity contribution in [3.05, 3.63) is 0 Å². The summed E-state index contributed by atoms with van der Waals surface area (Å²) in [5, 5.41) is 0. The van der Waals surface area contributed by atoms with Crippen molar-refractivity contribution < 1.29 is 19.0 Å². The smallest absolute Gasteiger partial charge is 0.309 e. The summed E-state index contributed by atoms with van der Waals surface area (Å²) in [4.78, 5) is 12.3. The van der Waals surface area contributed by atoms with Crippen LogP contribution in [-0.2, 0) is 19.0 Å². The Morgan fingerprint density at radius 3 is 2.19 bits per heavy atom. The van der Waals surface area contributed by atoms with Gasteiger partial charge < -0.3 is 14.2 Å². The molecule has 0 radical (unpaired) electrons. The lowest BCUT2D eigenvalue weighted by atomic mass is 9.95. The molecule has 0 aromatic carbocycles. The zero-order valence-electron chi connectivity index (χ0n) is 18.5. The fraction of sp³-hybridized carbons (Fsp3) is 0.957. The highest BCUT2D eigenvalue weighted by molar-refractivity contribution is 5.74. The van der Waals surface area contributed by atoms with Gasteiger partial charge in [0.15, 0.2) is 0 Å². The Kier molecular flexibility index (Phi) is 13.0. The Bertz CT molecular complexity index is 381. The number of ether oxygens (including phenoxy) is 3. The van der Waals surface area contributed by atoms with Crippen molar-refractivity contribution in [1.29, 1.82) is 0 Å². The van der Waals surface area contributed by atoms with Gasteiger partial charge in [0.2, 0.25) is 0 Å². The number of unbranched alkanes of at least 4 members (excludes halogenated alkanes) is 7. The van der Waals surface area contributed by atoms with E-state index in [9.17, 15) is 4.79 Å². The predicted molar refractivity (Wildman–Crippen MR) is 111 cm³/mol. The number of hydrogen-bond donors (Lipinski definition) is 0. The molecule has 4 nitrogen and oxygen atoms in total. The molecule has 1 saturated heterocycles. The van der Waals surface area contributed by atoms with E-state index >= 15 is 0 Å². The fourth-order valence-electron chi connectivity index (χ4n) is 3.76. The predicted octanol–water partition coefficient (Wildman–Crippen LogP) is 6.06. The van der Waals surface area contributed by atoms with Crippen molar-refractivity contribution in [2.45, 2.75) is 130 Å². The van der Waals surface area contributed by atoms with E-state index in [1.807, 2.05) is 27.7 Å². The third kappa shape index (κ3) is 11.7. The SMILES string of the molecule is CCCCCCCCCC[C@H]1C[C@H](C[C@H](COC(C)C)OC(C)C)C(=O)O1. The van der Waals surface area contributed by atoms with Crippen molar-refractivity contribution in [3.8, 4) is 0 Å². The van der Waals surface area contributed by atoms with Gasteiger partial charge in [-0.3, -0.25) is 4.79 Å². The van der Waals surface area contributed by atoms with Gasteiger partial charge in [0.1, 0.15) is 6.10 Å². The summed E-state index contributed by atoms with van der Waals surface area (Å²) < 4.78 is 17.3. The Hall–Kier alpha value is -0.610. The van der Waals surface area contributed by atoms with Crippen molar-refractivity contribution >= 4 is 5.97 Å². The van der Waals surface area contributed by atoms with Crippen LogP contribution in [-0.4, -0.2) is 37.0 Å². The molecule has 0 amide bonds. The average molecular weight is 385 g/mol. The minimum absolute atomic E-state index is 0.0354. The normalized spacial score (nSPS) is 21.2. The van der Waals surface area contributed by atoms with Crippen LogP contribution in [0.3, 0.4) is 0 Å². The molecule has 1 rings (SSSR count). The maximum absolute atomic E-state index is 12.3.